The molecule has 0 fully saturated rings. The first-order chi connectivity index (χ1) is 20.3. The van der Waals surface area contributed by atoms with Crippen molar-refractivity contribution in [1.29, 1.82) is 0 Å². The Balaban J connectivity index is 1.71. The van der Waals surface area contributed by atoms with Gasteiger partial charge in [0.1, 0.15) is 0 Å². The van der Waals surface area contributed by atoms with E-state index in [0.717, 1.165) is 11.4 Å². The molecule has 0 atom stereocenters. The number of nitro benzene ring substituents is 2. The van der Waals surface area contributed by atoms with Crippen molar-refractivity contribution in [3.05, 3.63) is 150 Å². The standard InChI is InChI=1S/C32H18N4O6/c37-31-24-13-11-21(35(39)40)17-28(24)34-29-18-22(36(41)42)12-14-25(29)32(38)27-16-23(15-26(31)30(27)34)33(19-7-3-1-4-8-19)20-9-5-2-6-10-20/h1-18H. The van der Waals surface area contributed by atoms with Crippen LogP contribution in [0.5, 0.6) is 0 Å². The number of non-ortho nitro benzene ring substituents is 2. The predicted octanol–water partition coefficient (Wildman–Crippen LogP) is 6.84. The molecule has 0 aliphatic heterocycles. The van der Waals surface area contributed by atoms with Gasteiger partial charge in [0.25, 0.3) is 11.4 Å². The first-order valence-electron chi connectivity index (χ1n) is 12.9. The summed E-state index contributed by atoms with van der Waals surface area (Å²) >= 11 is 0. The van der Waals surface area contributed by atoms with E-state index in [1.165, 1.54) is 36.4 Å². The highest BCUT2D eigenvalue weighted by atomic mass is 16.6. The van der Waals surface area contributed by atoms with Gasteiger partial charge < -0.3 is 9.30 Å². The molecule has 42 heavy (non-hydrogen) atoms. The number of hydrogen-bond acceptors (Lipinski definition) is 7. The number of aromatic nitrogens is 1. The van der Waals surface area contributed by atoms with E-state index in [9.17, 15) is 29.8 Å². The summed E-state index contributed by atoms with van der Waals surface area (Å²) in [5.41, 5.74) is 1.37. The lowest BCUT2D eigenvalue weighted by Crippen LogP contribution is -2.17. The Morgan fingerprint density at radius 2 is 0.952 bits per heavy atom. The zero-order valence-corrected chi connectivity index (χ0v) is 21.6. The smallest absolute Gasteiger partial charge is 0.271 e. The number of fused-ring (bicyclic) bond motifs is 4. The van der Waals surface area contributed by atoms with Gasteiger partial charge >= 0.3 is 0 Å². The van der Waals surface area contributed by atoms with E-state index >= 15 is 0 Å². The number of pyridine rings is 2. The summed E-state index contributed by atoms with van der Waals surface area (Å²) in [7, 11) is 0. The SMILES string of the molecule is O=c1c2ccc([N+](=O)[O-])cc2n2c3cc([N+](=O)[O-])ccc3c(=O)c3cc(N(c4ccccc4)c4ccccc4)cc1c32. The summed E-state index contributed by atoms with van der Waals surface area (Å²) in [5.74, 6) is 0. The number of rotatable bonds is 5. The molecule has 2 heterocycles. The average molecular weight is 555 g/mol. The van der Waals surface area contributed by atoms with Gasteiger partial charge in [0.05, 0.1) is 26.4 Å². The van der Waals surface area contributed by atoms with Gasteiger partial charge in [-0.3, -0.25) is 29.8 Å². The Morgan fingerprint density at radius 3 is 1.36 bits per heavy atom. The Bertz CT molecular complexity index is 2200. The van der Waals surface area contributed by atoms with Crippen molar-refractivity contribution in [3.63, 3.8) is 0 Å². The van der Waals surface area contributed by atoms with Gasteiger partial charge in [-0.05, 0) is 48.5 Å². The molecule has 0 amide bonds. The fourth-order valence-electron chi connectivity index (χ4n) is 5.62. The maximum atomic E-state index is 14.0. The lowest BCUT2D eigenvalue weighted by Gasteiger charge is -2.26. The lowest BCUT2D eigenvalue weighted by atomic mass is 10.0. The van der Waals surface area contributed by atoms with Crippen LogP contribution in [0.1, 0.15) is 0 Å². The van der Waals surface area contributed by atoms with Crippen LogP contribution in [0.3, 0.4) is 0 Å². The molecule has 10 heteroatoms. The topological polar surface area (TPSA) is 128 Å². The molecule has 7 aromatic rings. The van der Waals surface area contributed by atoms with Gasteiger partial charge in [-0.15, -0.1) is 0 Å². The van der Waals surface area contributed by atoms with E-state index in [-0.39, 0.29) is 49.5 Å². The molecule has 0 radical (unpaired) electrons. The number of hydrogen-bond donors (Lipinski definition) is 0. The molecular formula is C32H18N4O6. The molecule has 0 aliphatic carbocycles. The molecule has 0 aliphatic rings. The van der Waals surface area contributed by atoms with Crippen LogP contribution in [-0.2, 0) is 0 Å². The lowest BCUT2D eigenvalue weighted by molar-refractivity contribution is -0.384. The molecule has 7 rings (SSSR count). The Hall–Kier alpha value is -6.16. The van der Waals surface area contributed by atoms with E-state index in [1.54, 1.807) is 16.5 Å². The van der Waals surface area contributed by atoms with Gasteiger partial charge in [0.15, 0.2) is 10.9 Å². The van der Waals surface area contributed by atoms with Crippen molar-refractivity contribution >= 4 is 66.5 Å². The zero-order valence-electron chi connectivity index (χ0n) is 21.6. The first kappa shape index (κ1) is 24.9. The molecule has 0 unspecified atom stereocenters. The van der Waals surface area contributed by atoms with Gasteiger partial charge in [0.2, 0.25) is 0 Å². The normalized spacial score (nSPS) is 11.4. The molecule has 10 nitrogen and oxygen atoms in total. The molecule has 0 spiro atoms. The van der Waals surface area contributed by atoms with Gasteiger partial charge in [-0.2, -0.15) is 0 Å². The van der Waals surface area contributed by atoms with Crippen LogP contribution >= 0.6 is 0 Å². The second-order valence-electron chi connectivity index (χ2n) is 9.81. The minimum Gasteiger partial charge on any atom is -0.310 e. The fraction of sp³-hybridized carbons (Fsp3) is 0. The summed E-state index contributed by atoms with van der Waals surface area (Å²) in [4.78, 5) is 52.2. The summed E-state index contributed by atoms with van der Waals surface area (Å²) in [6, 6.07) is 30.1. The van der Waals surface area contributed by atoms with Crippen molar-refractivity contribution in [2.75, 3.05) is 4.90 Å². The molecule has 0 saturated carbocycles. The van der Waals surface area contributed by atoms with E-state index in [1.807, 2.05) is 65.6 Å². The quantitative estimate of drug-likeness (QED) is 0.0986. The summed E-state index contributed by atoms with van der Waals surface area (Å²) in [6.45, 7) is 0. The molecule has 2 aromatic heterocycles. The van der Waals surface area contributed by atoms with Crippen LogP contribution in [0, 0.1) is 20.2 Å². The number of benzene rings is 5. The van der Waals surface area contributed by atoms with Crippen molar-refractivity contribution in [3.8, 4) is 0 Å². The summed E-state index contributed by atoms with van der Waals surface area (Å²) < 4.78 is 1.55. The van der Waals surface area contributed by atoms with Crippen LogP contribution in [0.15, 0.2) is 119 Å². The number of para-hydroxylation sites is 2. The molecule has 0 N–H and O–H groups in total. The highest BCUT2D eigenvalue weighted by Gasteiger charge is 2.23. The van der Waals surface area contributed by atoms with Crippen molar-refractivity contribution in [1.82, 2.24) is 4.40 Å². The first-order valence-corrected chi connectivity index (χ1v) is 12.9. The molecule has 5 aromatic carbocycles. The van der Waals surface area contributed by atoms with Crippen LogP contribution < -0.4 is 15.8 Å². The Morgan fingerprint density at radius 1 is 0.524 bits per heavy atom. The second kappa shape index (κ2) is 9.20. The molecular weight excluding hydrogens is 536 g/mol. The number of nitrogens with zero attached hydrogens (tertiary/aromatic N) is 4. The third-order valence-corrected chi connectivity index (χ3v) is 7.45. The average Bonchev–Trinajstić information content (AvgIpc) is 3.01. The van der Waals surface area contributed by atoms with Gasteiger partial charge in [0, 0.05) is 62.9 Å². The van der Waals surface area contributed by atoms with E-state index < -0.39 is 20.7 Å². The van der Waals surface area contributed by atoms with Crippen LogP contribution in [0.4, 0.5) is 28.4 Å². The Kier molecular flexibility index (Phi) is 5.45. The van der Waals surface area contributed by atoms with Crippen LogP contribution in [0.2, 0.25) is 0 Å². The van der Waals surface area contributed by atoms with Crippen molar-refractivity contribution < 1.29 is 9.85 Å². The summed E-state index contributed by atoms with van der Waals surface area (Å²) in [6.07, 6.45) is 0. The fourth-order valence-corrected chi connectivity index (χ4v) is 5.62. The number of anilines is 3. The van der Waals surface area contributed by atoms with Crippen molar-refractivity contribution in [2.45, 2.75) is 0 Å². The maximum Gasteiger partial charge on any atom is 0.271 e. The highest BCUT2D eigenvalue weighted by Crippen LogP contribution is 2.38. The zero-order chi connectivity index (χ0) is 29.1. The minimum atomic E-state index is -0.578. The van der Waals surface area contributed by atoms with Crippen LogP contribution in [-0.4, -0.2) is 14.2 Å². The van der Waals surface area contributed by atoms with Crippen LogP contribution in [0.25, 0.3) is 38.1 Å². The molecule has 0 bridgehead atoms. The maximum absolute atomic E-state index is 14.0. The largest absolute Gasteiger partial charge is 0.310 e. The van der Waals surface area contributed by atoms with Gasteiger partial charge in [-0.25, -0.2) is 0 Å². The van der Waals surface area contributed by atoms with E-state index in [0.29, 0.717) is 5.69 Å². The summed E-state index contributed by atoms with van der Waals surface area (Å²) in [5, 5.41) is 24.1. The molecule has 202 valence electrons. The van der Waals surface area contributed by atoms with E-state index in [2.05, 4.69) is 0 Å². The minimum absolute atomic E-state index is 0.174. The monoisotopic (exact) mass is 554 g/mol. The highest BCUT2D eigenvalue weighted by molar-refractivity contribution is 6.10. The third kappa shape index (κ3) is 3.66. The van der Waals surface area contributed by atoms with Gasteiger partial charge in [-0.1, -0.05) is 36.4 Å². The third-order valence-electron chi connectivity index (χ3n) is 7.45. The van der Waals surface area contributed by atoms with E-state index in [4.69, 9.17) is 0 Å². The second-order valence-corrected chi connectivity index (χ2v) is 9.81. The predicted molar refractivity (Wildman–Crippen MR) is 162 cm³/mol. The Labute approximate surface area is 235 Å². The molecule has 0 saturated heterocycles. The number of nitro groups is 2. The van der Waals surface area contributed by atoms with Crippen molar-refractivity contribution in [2.24, 2.45) is 0 Å².